The minimum absolute atomic E-state index is 0.416. The summed E-state index contributed by atoms with van der Waals surface area (Å²) >= 11 is 0. The fraction of sp³-hybridized carbons (Fsp3) is 0.833. The van der Waals surface area contributed by atoms with Gasteiger partial charge in [0, 0.05) is 5.92 Å². The average Bonchev–Trinajstić information content (AvgIpc) is 2.27. The smallest absolute Gasteiger partial charge is 0.0663 e. The highest BCUT2D eigenvalue weighted by Gasteiger charge is 2.26. The van der Waals surface area contributed by atoms with Crippen LogP contribution in [-0.2, 0) is 4.74 Å². The van der Waals surface area contributed by atoms with E-state index in [1.165, 1.54) is 0 Å². The SMILES string of the molecule is CC(C)[C@@H]1C=CCCO[C@H]1C(C)C. The van der Waals surface area contributed by atoms with Gasteiger partial charge >= 0.3 is 0 Å². The highest BCUT2D eigenvalue weighted by atomic mass is 16.5. The summed E-state index contributed by atoms with van der Waals surface area (Å²) in [6.07, 6.45) is 6.11. The predicted octanol–water partition coefficient (Wildman–Crippen LogP) is 3.26. The molecule has 0 aliphatic carbocycles. The maximum Gasteiger partial charge on any atom is 0.0663 e. The van der Waals surface area contributed by atoms with E-state index in [1.807, 2.05) is 0 Å². The largest absolute Gasteiger partial charge is 0.377 e. The third-order valence-corrected chi connectivity index (χ3v) is 2.76. The summed E-state index contributed by atoms with van der Waals surface area (Å²) < 4.78 is 5.88. The maximum absolute atomic E-state index is 5.88. The van der Waals surface area contributed by atoms with Crippen LogP contribution in [-0.4, -0.2) is 12.7 Å². The van der Waals surface area contributed by atoms with Gasteiger partial charge in [0.15, 0.2) is 0 Å². The first kappa shape index (κ1) is 10.8. The molecule has 1 aliphatic rings. The van der Waals surface area contributed by atoms with Crippen LogP contribution in [0.4, 0.5) is 0 Å². The Hall–Kier alpha value is -0.300. The maximum atomic E-state index is 5.88. The number of ether oxygens (including phenoxy) is 1. The third-order valence-electron chi connectivity index (χ3n) is 2.76. The molecule has 0 saturated carbocycles. The van der Waals surface area contributed by atoms with E-state index in [4.69, 9.17) is 4.74 Å². The van der Waals surface area contributed by atoms with Gasteiger partial charge in [-0.15, -0.1) is 0 Å². The first-order chi connectivity index (χ1) is 6.13. The molecule has 0 aromatic carbocycles. The first-order valence-corrected chi connectivity index (χ1v) is 5.41. The van der Waals surface area contributed by atoms with Crippen molar-refractivity contribution in [2.75, 3.05) is 6.61 Å². The monoisotopic (exact) mass is 182 g/mol. The average molecular weight is 182 g/mol. The minimum Gasteiger partial charge on any atom is -0.377 e. The molecule has 1 aliphatic heterocycles. The van der Waals surface area contributed by atoms with Crippen LogP contribution in [0.25, 0.3) is 0 Å². The normalized spacial score (nSPS) is 29.7. The van der Waals surface area contributed by atoms with Crippen molar-refractivity contribution in [1.82, 2.24) is 0 Å². The quantitative estimate of drug-likeness (QED) is 0.596. The fourth-order valence-electron chi connectivity index (χ4n) is 1.98. The molecule has 0 unspecified atom stereocenters. The Labute approximate surface area is 82.2 Å². The Morgan fingerprint density at radius 2 is 1.85 bits per heavy atom. The van der Waals surface area contributed by atoms with Crippen molar-refractivity contribution in [1.29, 1.82) is 0 Å². The van der Waals surface area contributed by atoms with Gasteiger partial charge in [-0.2, -0.15) is 0 Å². The molecule has 0 N–H and O–H groups in total. The van der Waals surface area contributed by atoms with E-state index in [0.717, 1.165) is 13.0 Å². The van der Waals surface area contributed by atoms with Gasteiger partial charge in [-0.25, -0.2) is 0 Å². The standard InChI is InChI=1S/C12H22O/c1-9(2)11-7-5-6-8-13-12(11)10(3)4/h5,7,9-12H,6,8H2,1-4H3/t11-,12-/m0/s1. The molecule has 0 spiro atoms. The van der Waals surface area contributed by atoms with E-state index >= 15 is 0 Å². The van der Waals surface area contributed by atoms with E-state index < -0.39 is 0 Å². The summed E-state index contributed by atoms with van der Waals surface area (Å²) in [5, 5.41) is 0. The summed E-state index contributed by atoms with van der Waals surface area (Å²) in [4.78, 5) is 0. The molecule has 2 atom stereocenters. The summed E-state index contributed by atoms with van der Waals surface area (Å²) in [6.45, 7) is 9.94. The number of hydrogen-bond donors (Lipinski definition) is 0. The second-order valence-electron chi connectivity index (χ2n) is 4.62. The topological polar surface area (TPSA) is 9.23 Å². The van der Waals surface area contributed by atoms with Gasteiger partial charge in [0.05, 0.1) is 12.7 Å². The lowest BCUT2D eigenvalue weighted by atomic mass is 9.84. The van der Waals surface area contributed by atoms with Crippen molar-refractivity contribution in [3.8, 4) is 0 Å². The van der Waals surface area contributed by atoms with Crippen LogP contribution in [0.3, 0.4) is 0 Å². The Kier molecular flexibility index (Phi) is 3.98. The van der Waals surface area contributed by atoms with E-state index in [0.29, 0.717) is 23.9 Å². The molecule has 1 heteroatoms. The van der Waals surface area contributed by atoms with Crippen LogP contribution in [0.2, 0.25) is 0 Å². The lowest BCUT2D eigenvalue weighted by Crippen LogP contribution is -2.30. The van der Waals surface area contributed by atoms with Gasteiger partial charge < -0.3 is 4.74 Å². The Morgan fingerprint density at radius 1 is 1.15 bits per heavy atom. The van der Waals surface area contributed by atoms with Crippen molar-refractivity contribution in [2.45, 2.75) is 40.2 Å². The second-order valence-corrected chi connectivity index (χ2v) is 4.62. The van der Waals surface area contributed by atoms with Gasteiger partial charge in [0.25, 0.3) is 0 Å². The zero-order valence-corrected chi connectivity index (χ0v) is 9.29. The third kappa shape index (κ3) is 2.84. The summed E-state index contributed by atoms with van der Waals surface area (Å²) in [5.41, 5.74) is 0. The fourth-order valence-corrected chi connectivity index (χ4v) is 1.98. The van der Waals surface area contributed by atoms with Crippen molar-refractivity contribution >= 4 is 0 Å². The Morgan fingerprint density at radius 3 is 2.38 bits per heavy atom. The lowest BCUT2D eigenvalue weighted by Gasteiger charge is -2.29. The van der Waals surface area contributed by atoms with Crippen LogP contribution >= 0.6 is 0 Å². The van der Waals surface area contributed by atoms with Gasteiger partial charge in [-0.3, -0.25) is 0 Å². The van der Waals surface area contributed by atoms with E-state index in [-0.39, 0.29) is 0 Å². The van der Waals surface area contributed by atoms with Crippen molar-refractivity contribution < 1.29 is 4.74 Å². The molecule has 0 bridgehead atoms. The molecule has 1 heterocycles. The lowest BCUT2D eigenvalue weighted by molar-refractivity contribution is -0.00968. The van der Waals surface area contributed by atoms with Gasteiger partial charge in [0.2, 0.25) is 0 Å². The zero-order chi connectivity index (χ0) is 9.84. The van der Waals surface area contributed by atoms with Crippen LogP contribution in [0.15, 0.2) is 12.2 Å². The first-order valence-electron chi connectivity index (χ1n) is 5.41. The molecule has 0 amide bonds. The summed E-state index contributed by atoms with van der Waals surface area (Å²) in [7, 11) is 0. The second kappa shape index (κ2) is 4.80. The Bertz CT molecular complexity index is 170. The van der Waals surface area contributed by atoms with Crippen molar-refractivity contribution in [2.24, 2.45) is 17.8 Å². The molecule has 1 nitrogen and oxygen atoms in total. The van der Waals surface area contributed by atoms with Crippen LogP contribution in [0, 0.1) is 17.8 Å². The van der Waals surface area contributed by atoms with E-state index in [2.05, 4.69) is 39.8 Å². The molecule has 1 rings (SSSR count). The van der Waals surface area contributed by atoms with Gasteiger partial charge in [-0.05, 0) is 18.3 Å². The highest BCUT2D eigenvalue weighted by molar-refractivity contribution is 4.96. The molecule has 0 radical (unpaired) electrons. The van der Waals surface area contributed by atoms with Crippen molar-refractivity contribution in [3.05, 3.63) is 12.2 Å². The minimum atomic E-state index is 0.416. The highest BCUT2D eigenvalue weighted by Crippen LogP contribution is 2.27. The predicted molar refractivity (Wildman–Crippen MR) is 56.7 cm³/mol. The van der Waals surface area contributed by atoms with E-state index in [1.54, 1.807) is 0 Å². The Balaban J connectivity index is 2.70. The molecule has 0 aromatic rings. The van der Waals surface area contributed by atoms with Gasteiger partial charge in [-0.1, -0.05) is 39.8 Å². The van der Waals surface area contributed by atoms with Gasteiger partial charge in [0.1, 0.15) is 0 Å². The molecule has 13 heavy (non-hydrogen) atoms. The molecule has 0 fully saturated rings. The van der Waals surface area contributed by atoms with Crippen LogP contribution < -0.4 is 0 Å². The molecule has 76 valence electrons. The summed E-state index contributed by atoms with van der Waals surface area (Å²) in [5.74, 6) is 1.90. The zero-order valence-electron chi connectivity index (χ0n) is 9.29. The van der Waals surface area contributed by atoms with Crippen molar-refractivity contribution in [3.63, 3.8) is 0 Å². The molecule has 0 aromatic heterocycles. The molecule has 0 saturated heterocycles. The summed E-state index contributed by atoms with van der Waals surface area (Å²) in [6, 6.07) is 0. The van der Waals surface area contributed by atoms with E-state index in [9.17, 15) is 0 Å². The molecular weight excluding hydrogens is 160 g/mol. The van der Waals surface area contributed by atoms with Crippen LogP contribution in [0.5, 0.6) is 0 Å². The number of hydrogen-bond acceptors (Lipinski definition) is 1. The molecular formula is C12H22O. The number of rotatable bonds is 2. The van der Waals surface area contributed by atoms with Crippen LogP contribution in [0.1, 0.15) is 34.1 Å².